The number of oxime groups is 1. The summed E-state index contributed by atoms with van der Waals surface area (Å²) in [4.78, 5) is 4.97. The normalized spacial score (nSPS) is 16.7. The fraction of sp³-hybridized carbons (Fsp3) is 0.500. The summed E-state index contributed by atoms with van der Waals surface area (Å²) in [5, 5.41) is 3.18. The molecule has 1 aromatic rings. The van der Waals surface area contributed by atoms with E-state index >= 15 is 0 Å². The standard InChI is InChI=1S/C14H15F4NO5S/c1-14(2)6-11(19-24-14)25(20,21)7-8-9(22-12(15)16)4-3-5-10(8)23-13(17)18/h3-5,12-13H,6-7H2,1-2H3. The van der Waals surface area contributed by atoms with Gasteiger partial charge in [0.05, 0.1) is 11.3 Å². The Morgan fingerprint density at radius 1 is 1.16 bits per heavy atom. The number of nitrogens with zero attached hydrogens (tertiary/aromatic N) is 1. The fourth-order valence-electron chi connectivity index (χ4n) is 2.14. The molecule has 1 aromatic carbocycles. The summed E-state index contributed by atoms with van der Waals surface area (Å²) in [6.45, 7) is -3.32. The van der Waals surface area contributed by atoms with Gasteiger partial charge in [-0.05, 0) is 26.0 Å². The van der Waals surface area contributed by atoms with Crippen LogP contribution in [0, 0.1) is 0 Å². The summed E-state index contributed by atoms with van der Waals surface area (Å²) in [7, 11) is -4.13. The van der Waals surface area contributed by atoms with Crippen LogP contribution < -0.4 is 9.47 Å². The number of halogens is 4. The van der Waals surface area contributed by atoms with Crippen molar-refractivity contribution in [3.05, 3.63) is 23.8 Å². The van der Waals surface area contributed by atoms with Crippen molar-refractivity contribution in [2.45, 2.75) is 44.8 Å². The van der Waals surface area contributed by atoms with Gasteiger partial charge in [-0.2, -0.15) is 17.6 Å². The lowest BCUT2D eigenvalue weighted by Gasteiger charge is -2.16. The molecule has 0 aliphatic carbocycles. The molecule has 0 bridgehead atoms. The largest absolute Gasteiger partial charge is 0.434 e. The Morgan fingerprint density at radius 3 is 2.08 bits per heavy atom. The molecular formula is C14H15F4NO5S. The van der Waals surface area contributed by atoms with Crippen LogP contribution in [-0.2, 0) is 20.4 Å². The Balaban J connectivity index is 2.39. The number of rotatable bonds is 6. The molecule has 0 atom stereocenters. The van der Waals surface area contributed by atoms with Crippen LogP contribution in [0.5, 0.6) is 11.5 Å². The van der Waals surface area contributed by atoms with Gasteiger partial charge in [-0.25, -0.2) is 8.42 Å². The van der Waals surface area contributed by atoms with Gasteiger partial charge in [0.25, 0.3) is 0 Å². The third-order valence-corrected chi connectivity index (χ3v) is 4.79. The quantitative estimate of drug-likeness (QED) is 0.703. The zero-order valence-corrected chi connectivity index (χ0v) is 14.0. The number of ether oxygens (including phenoxy) is 2. The molecule has 0 radical (unpaired) electrons. The van der Waals surface area contributed by atoms with Crippen molar-refractivity contribution in [3.8, 4) is 11.5 Å². The van der Waals surface area contributed by atoms with Crippen molar-refractivity contribution in [3.63, 3.8) is 0 Å². The van der Waals surface area contributed by atoms with E-state index in [1.807, 2.05) is 0 Å². The maximum absolute atomic E-state index is 12.5. The molecule has 0 saturated carbocycles. The SMILES string of the molecule is CC1(C)CC(S(=O)(=O)Cc2c(OC(F)F)cccc2OC(F)F)=NO1. The average Bonchev–Trinajstić information content (AvgIpc) is 2.82. The van der Waals surface area contributed by atoms with Gasteiger partial charge in [-0.15, -0.1) is 0 Å². The van der Waals surface area contributed by atoms with E-state index in [1.54, 1.807) is 13.8 Å². The highest BCUT2D eigenvalue weighted by Gasteiger charge is 2.37. The lowest BCUT2D eigenvalue weighted by Crippen LogP contribution is -2.23. The molecule has 0 amide bonds. The topological polar surface area (TPSA) is 74.2 Å². The van der Waals surface area contributed by atoms with Gasteiger partial charge in [0, 0.05) is 6.42 Å². The van der Waals surface area contributed by atoms with Crippen LogP contribution in [0.4, 0.5) is 17.6 Å². The van der Waals surface area contributed by atoms with Crippen LogP contribution in [0.3, 0.4) is 0 Å². The molecule has 140 valence electrons. The minimum atomic E-state index is -4.13. The van der Waals surface area contributed by atoms with Crippen molar-refractivity contribution < 1.29 is 40.3 Å². The van der Waals surface area contributed by atoms with Crippen LogP contribution >= 0.6 is 0 Å². The van der Waals surface area contributed by atoms with Gasteiger partial charge in [0.1, 0.15) is 17.1 Å². The van der Waals surface area contributed by atoms with Crippen LogP contribution in [-0.4, -0.2) is 32.3 Å². The molecule has 1 aliphatic rings. The number of hydrogen-bond donors (Lipinski definition) is 0. The maximum Gasteiger partial charge on any atom is 0.387 e. The number of sulfone groups is 1. The molecule has 0 unspecified atom stereocenters. The van der Waals surface area contributed by atoms with Crippen LogP contribution in [0.1, 0.15) is 25.8 Å². The molecule has 2 rings (SSSR count). The molecule has 6 nitrogen and oxygen atoms in total. The zero-order chi connectivity index (χ0) is 18.8. The smallest absolute Gasteiger partial charge is 0.387 e. The van der Waals surface area contributed by atoms with Gasteiger partial charge in [-0.3, -0.25) is 0 Å². The zero-order valence-electron chi connectivity index (χ0n) is 13.2. The summed E-state index contributed by atoms with van der Waals surface area (Å²) >= 11 is 0. The van der Waals surface area contributed by atoms with E-state index in [0.29, 0.717) is 0 Å². The van der Waals surface area contributed by atoms with E-state index in [-0.39, 0.29) is 11.5 Å². The second-order valence-corrected chi connectivity index (χ2v) is 7.75. The second kappa shape index (κ2) is 7.06. The van der Waals surface area contributed by atoms with E-state index in [9.17, 15) is 26.0 Å². The molecule has 11 heteroatoms. The molecule has 0 saturated heterocycles. The molecular weight excluding hydrogens is 370 g/mol. The van der Waals surface area contributed by atoms with Gasteiger partial charge in [0.2, 0.25) is 0 Å². The van der Waals surface area contributed by atoms with E-state index in [2.05, 4.69) is 14.6 Å². The minimum Gasteiger partial charge on any atom is -0.434 e. The van der Waals surface area contributed by atoms with E-state index in [0.717, 1.165) is 18.2 Å². The molecule has 25 heavy (non-hydrogen) atoms. The van der Waals surface area contributed by atoms with Gasteiger partial charge < -0.3 is 14.3 Å². The monoisotopic (exact) mass is 385 g/mol. The molecule has 1 aliphatic heterocycles. The number of hydrogen-bond acceptors (Lipinski definition) is 6. The highest BCUT2D eigenvalue weighted by molar-refractivity contribution is 8.05. The molecule has 0 fully saturated rings. The molecule has 0 spiro atoms. The molecule has 1 heterocycles. The second-order valence-electron chi connectivity index (χ2n) is 5.76. The van der Waals surface area contributed by atoms with Crippen molar-refractivity contribution >= 4 is 14.9 Å². The first-order valence-corrected chi connectivity index (χ1v) is 8.65. The minimum absolute atomic E-state index is 0.0434. The fourth-order valence-corrected chi connectivity index (χ4v) is 3.69. The Labute approximate surface area is 141 Å². The van der Waals surface area contributed by atoms with Gasteiger partial charge >= 0.3 is 13.2 Å². The third kappa shape index (κ3) is 4.97. The first-order valence-electron chi connectivity index (χ1n) is 6.99. The Morgan fingerprint density at radius 2 is 1.68 bits per heavy atom. The third-order valence-electron chi connectivity index (χ3n) is 3.19. The average molecular weight is 385 g/mol. The first-order chi connectivity index (χ1) is 11.5. The van der Waals surface area contributed by atoms with E-state index in [1.165, 1.54) is 0 Å². The lowest BCUT2D eigenvalue weighted by molar-refractivity contribution is -0.0552. The number of alkyl halides is 4. The van der Waals surface area contributed by atoms with E-state index in [4.69, 9.17) is 4.84 Å². The van der Waals surface area contributed by atoms with E-state index < -0.39 is 51.5 Å². The molecule has 0 N–H and O–H groups in total. The van der Waals surface area contributed by atoms with Crippen molar-refractivity contribution in [2.24, 2.45) is 5.16 Å². The summed E-state index contributed by atoms with van der Waals surface area (Å²) in [6.07, 6.45) is -0.0434. The maximum atomic E-state index is 12.5. The van der Waals surface area contributed by atoms with Crippen molar-refractivity contribution in [1.29, 1.82) is 0 Å². The Bertz CT molecular complexity index is 736. The van der Waals surface area contributed by atoms with Crippen LogP contribution in [0.2, 0.25) is 0 Å². The Kier molecular flexibility index (Phi) is 5.45. The summed E-state index contributed by atoms with van der Waals surface area (Å²) in [6, 6.07) is 3.20. The number of benzene rings is 1. The summed E-state index contributed by atoms with van der Waals surface area (Å²) in [5.74, 6) is -2.05. The summed E-state index contributed by atoms with van der Waals surface area (Å²) < 4.78 is 83.5. The van der Waals surface area contributed by atoms with Crippen molar-refractivity contribution in [1.82, 2.24) is 0 Å². The first kappa shape index (κ1) is 19.3. The van der Waals surface area contributed by atoms with Crippen molar-refractivity contribution in [2.75, 3.05) is 0 Å². The highest BCUT2D eigenvalue weighted by Crippen LogP contribution is 2.34. The Hall–Kier alpha value is -2.04. The lowest BCUT2D eigenvalue weighted by atomic mass is 10.1. The molecule has 0 aromatic heterocycles. The highest BCUT2D eigenvalue weighted by atomic mass is 32.2. The van der Waals surface area contributed by atoms with Crippen LogP contribution in [0.15, 0.2) is 23.4 Å². The summed E-state index contributed by atoms with van der Waals surface area (Å²) in [5.41, 5.74) is -1.29. The predicted molar refractivity (Wildman–Crippen MR) is 79.5 cm³/mol. The predicted octanol–water partition coefficient (Wildman–Crippen LogP) is 3.32. The van der Waals surface area contributed by atoms with Gasteiger partial charge in [-0.1, -0.05) is 11.2 Å². The van der Waals surface area contributed by atoms with Crippen LogP contribution in [0.25, 0.3) is 0 Å². The van der Waals surface area contributed by atoms with Gasteiger partial charge in [0.15, 0.2) is 14.9 Å².